The molecule has 0 radical (unpaired) electrons. The highest BCUT2D eigenvalue weighted by atomic mass is 35.5. The van der Waals surface area contributed by atoms with E-state index in [4.69, 9.17) is 27.3 Å². The van der Waals surface area contributed by atoms with Gasteiger partial charge in [-0.3, -0.25) is 9.89 Å². The molecule has 0 saturated carbocycles. The molecule has 1 rings (SSSR count). The number of nitrogens with one attached hydrogen (secondary N) is 1. The van der Waals surface area contributed by atoms with E-state index in [1.807, 2.05) is 4.90 Å². The van der Waals surface area contributed by atoms with Crippen molar-refractivity contribution in [2.24, 2.45) is 10.7 Å². The zero-order valence-corrected chi connectivity index (χ0v) is 45.5. The molecule has 1 heterocycles. The van der Waals surface area contributed by atoms with Crippen LogP contribution in [-0.4, -0.2) is 40.5 Å². The lowest BCUT2D eigenvalue weighted by atomic mass is 10.0. The zero-order valence-electron chi connectivity index (χ0n) is 44.8. The summed E-state index contributed by atoms with van der Waals surface area (Å²) < 4.78 is 0. The molecule has 0 aliphatic heterocycles. The third kappa shape index (κ3) is 42.5. The molecule has 0 fully saturated rings. The van der Waals surface area contributed by atoms with E-state index in [-0.39, 0.29) is 5.28 Å². The highest BCUT2D eigenvalue weighted by Gasteiger charge is 2.17. The monoisotopic (exact) mass is 944 g/mol. The van der Waals surface area contributed by atoms with Gasteiger partial charge in [0.25, 0.3) is 0 Å². The lowest BCUT2D eigenvalue weighted by Gasteiger charge is -2.22. The number of unbranched alkanes of at least 4 members (excludes halogenated alkanes) is 45. The summed E-state index contributed by atoms with van der Waals surface area (Å²) in [4.78, 5) is 20.7. The fourth-order valence-corrected chi connectivity index (χ4v) is 9.64. The smallest absolute Gasteiger partial charge is 0.238 e. The SMILES string of the molecule is CCCCCCCCCCCCCCCCCCN=C(N)N(CCCCCCCCCCCCCCCCCC)c1nc(Cl)nc(NCCCCCCCCCCCCCCCCCC)n1. The largest absolute Gasteiger partial charge is 0.369 e. The van der Waals surface area contributed by atoms with Crippen LogP contribution in [-0.2, 0) is 0 Å². The summed E-state index contributed by atoms with van der Waals surface area (Å²) in [5, 5.41) is 3.65. The quantitative estimate of drug-likeness (QED) is 0.0384. The van der Waals surface area contributed by atoms with Crippen LogP contribution in [0.5, 0.6) is 0 Å². The molecule has 0 unspecified atom stereocenters. The van der Waals surface area contributed by atoms with Gasteiger partial charge in [-0.05, 0) is 30.9 Å². The molecule has 0 amide bonds. The first-order chi connectivity index (χ1) is 32.6. The molecule has 0 aliphatic rings. The number of hydrogen-bond acceptors (Lipinski definition) is 5. The summed E-state index contributed by atoms with van der Waals surface area (Å²) >= 11 is 6.53. The van der Waals surface area contributed by atoms with E-state index in [0.717, 1.165) is 38.9 Å². The molecular formula is C58H114ClN7. The summed E-state index contributed by atoms with van der Waals surface area (Å²) in [7, 11) is 0. The molecule has 8 heteroatoms. The Kier molecular flexibility index (Phi) is 48.4. The van der Waals surface area contributed by atoms with Crippen molar-refractivity contribution in [3.05, 3.63) is 5.28 Å². The van der Waals surface area contributed by atoms with Crippen LogP contribution in [0.25, 0.3) is 0 Å². The van der Waals surface area contributed by atoms with E-state index in [0.29, 0.717) is 17.9 Å². The zero-order chi connectivity index (χ0) is 47.5. The molecule has 1 aromatic heterocycles. The average molecular weight is 945 g/mol. The Morgan fingerprint density at radius 1 is 0.394 bits per heavy atom. The first kappa shape index (κ1) is 62.4. The Hall–Kier alpha value is -1.63. The van der Waals surface area contributed by atoms with Gasteiger partial charge < -0.3 is 11.1 Å². The third-order valence-corrected chi connectivity index (χ3v) is 14.1. The fourth-order valence-electron chi connectivity index (χ4n) is 9.49. The van der Waals surface area contributed by atoms with Crippen LogP contribution < -0.4 is 16.0 Å². The minimum absolute atomic E-state index is 0.206. The predicted molar refractivity (Wildman–Crippen MR) is 296 cm³/mol. The average Bonchev–Trinajstić information content (AvgIpc) is 3.31. The molecule has 0 saturated heterocycles. The van der Waals surface area contributed by atoms with Crippen molar-refractivity contribution in [2.45, 2.75) is 329 Å². The van der Waals surface area contributed by atoms with Crippen LogP contribution in [0.3, 0.4) is 0 Å². The van der Waals surface area contributed by atoms with Crippen molar-refractivity contribution in [1.82, 2.24) is 15.0 Å². The highest BCUT2D eigenvalue weighted by molar-refractivity contribution is 6.28. The van der Waals surface area contributed by atoms with Crippen LogP contribution in [0.15, 0.2) is 4.99 Å². The molecule has 388 valence electrons. The van der Waals surface area contributed by atoms with E-state index in [1.54, 1.807) is 0 Å². The molecule has 0 aliphatic carbocycles. The van der Waals surface area contributed by atoms with Crippen LogP contribution in [0.4, 0.5) is 11.9 Å². The summed E-state index contributed by atoms with van der Waals surface area (Å²) in [6.07, 6.45) is 65.4. The maximum atomic E-state index is 6.74. The fraction of sp³-hybridized carbons (Fsp3) is 0.931. The molecular weight excluding hydrogens is 830 g/mol. The maximum absolute atomic E-state index is 6.74. The van der Waals surface area contributed by atoms with Crippen LogP contribution in [0.1, 0.15) is 329 Å². The molecule has 0 bridgehead atoms. The van der Waals surface area contributed by atoms with Crippen LogP contribution >= 0.6 is 11.6 Å². The van der Waals surface area contributed by atoms with Gasteiger partial charge in [0.05, 0.1) is 0 Å². The van der Waals surface area contributed by atoms with Gasteiger partial charge >= 0.3 is 0 Å². The van der Waals surface area contributed by atoms with Gasteiger partial charge in [-0.15, -0.1) is 0 Å². The Labute approximate surface area is 417 Å². The van der Waals surface area contributed by atoms with Gasteiger partial charge in [-0.2, -0.15) is 15.0 Å². The summed E-state index contributed by atoms with van der Waals surface area (Å²) in [6.45, 7) is 9.21. The Bertz CT molecular complexity index is 1150. The van der Waals surface area contributed by atoms with Crippen molar-refractivity contribution < 1.29 is 0 Å². The first-order valence-electron chi connectivity index (χ1n) is 29.8. The van der Waals surface area contributed by atoms with Crippen LogP contribution in [0.2, 0.25) is 5.28 Å². The van der Waals surface area contributed by atoms with Gasteiger partial charge in [-0.25, -0.2) is 0 Å². The van der Waals surface area contributed by atoms with E-state index in [2.05, 4.69) is 36.1 Å². The summed E-state index contributed by atoms with van der Waals surface area (Å²) in [5.41, 5.74) is 6.74. The number of aromatic nitrogens is 3. The number of guanidine groups is 1. The normalized spacial score (nSPS) is 11.8. The Morgan fingerprint density at radius 3 is 1.02 bits per heavy atom. The number of nitrogens with zero attached hydrogens (tertiary/aromatic N) is 5. The number of nitrogens with two attached hydrogens (primary N) is 1. The van der Waals surface area contributed by atoms with Crippen molar-refractivity contribution in [3.8, 4) is 0 Å². The van der Waals surface area contributed by atoms with E-state index in [9.17, 15) is 0 Å². The number of anilines is 2. The molecule has 0 atom stereocenters. The van der Waals surface area contributed by atoms with Gasteiger partial charge in [-0.1, -0.05) is 310 Å². The molecule has 3 N–H and O–H groups in total. The Morgan fingerprint density at radius 2 is 0.682 bits per heavy atom. The van der Waals surface area contributed by atoms with Crippen molar-refractivity contribution in [2.75, 3.05) is 29.9 Å². The minimum atomic E-state index is 0.206. The summed E-state index contributed by atoms with van der Waals surface area (Å²) in [5.74, 6) is 1.55. The second-order valence-electron chi connectivity index (χ2n) is 20.5. The number of halogens is 1. The topological polar surface area (TPSA) is 92.3 Å². The number of hydrogen-bond donors (Lipinski definition) is 2. The second-order valence-corrected chi connectivity index (χ2v) is 20.8. The molecule has 1 aromatic rings. The number of aliphatic imine (C=N–C) groups is 1. The summed E-state index contributed by atoms with van der Waals surface area (Å²) in [6, 6.07) is 0. The maximum Gasteiger partial charge on any atom is 0.238 e. The van der Waals surface area contributed by atoms with Gasteiger partial charge in [0.2, 0.25) is 17.2 Å². The minimum Gasteiger partial charge on any atom is -0.369 e. The molecule has 0 spiro atoms. The molecule has 0 aromatic carbocycles. The van der Waals surface area contributed by atoms with E-state index >= 15 is 0 Å². The number of rotatable bonds is 53. The van der Waals surface area contributed by atoms with Crippen LogP contribution in [0, 0.1) is 0 Å². The highest BCUT2D eigenvalue weighted by Crippen LogP contribution is 2.19. The van der Waals surface area contributed by atoms with Gasteiger partial charge in [0, 0.05) is 19.6 Å². The van der Waals surface area contributed by atoms with E-state index < -0.39 is 0 Å². The standard InChI is InChI=1S/C58H114ClN7/c1-4-7-10-13-16-19-22-25-28-31-34-37-40-43-46-49-52-61-56(60)66(54-51-48-45-42-39-36-33-30-27-24-21-18-15-12-9-6-3)58-64-55(59)63-57(65-58)62-53-50-47-44-41-38-35-32-29-26-23-20-17-14-11-8-5-2/h4-54H2,1-3H3,(H2,60,61)(H,62,63,64,65). The predicted octanol–water partition coefficient (Wildman–Crippen LogP) is 19.8. The molecule has 7 nitrogen and oxygen atoms in total. The second kappa shape index (κ2) is 51.2. The van der Waals surface area contributed by atoms with Crippen molar-refractivity contribution in [3.63, 3.8) is 0 Å². The van der Waals surface area contributed by atoms with Gasteiger partial charge in [0.1, 0.15) is 0 Å². The third-order valence-electron chi connectivity index (χ3n) is 13.9. The lowest BCUT2D eigenvalue weighted by molar-refractivity contribution is 0.529. The van der Waals surface area contributed by atoms with Crippen molar-refractivity contribution >= 4 is 29.5 Å². The Balaban J connectivity index is 2.43. The van der Waals surface area contributed by atoms with Gasteiger partial charge in [0.15, 0.2) is 5.96 Å². The first-order valence-corrected chi connectivity index (χ1v) is 30.2. The van der Waals surface area contributed by atoms with E-state index in [1.165, 1.54) is 289 Å². The lowest BCUT2D eigenvalue weighted by Crippen LogP contribution is -2.40. The molecule has 66 heavy (non-hydrogen) atoms. The van der Waals surface area contributed by atoms with Crippen molar-refractivity contribution in [1.29, 1.82) is 0 Å².